The van der Waals surface area contributed by atoms with E-state index in [1.54, 1.807) is 0 Å². The van der Waals surface area contributed by atoms with E-state index in [1.165, 1.54) is 18.6 Å². The molecule has 27 heavy (non-hydrogen) atoms. The number of piperidine rings is 1. The number of nitrogens with zero attached hydrogens (tertiary/aromatic N) is 1. The molecule has 1 aliphatic heterocycles. The monoisotopic (exact) mass is 375 g/mol. The van der Waals surface area contributed by atoms with Crippen molar-refractivity contribution in [2.45, 2.75) is 58.5 Å². The van der Waals surface area contributed by atoms with Crippen molar-refractivity contribution in [1.82, 2.24) is 4.90 Å². The zero-order chi connectivity index (χ0) is 19.6. The molecule has 1 heterocycles. The van der Waals surface area contributed by atoms with Crippen LogP contribution in [-0.2, 0) is 9.53 Å². The Hall–Kier alpha value is -1.42. The molecule has 1 aromatic rings. The molecule has 0 radical (unpaired) electrons. The molecular formula is C23H34FNO2. The molecule has 2 fully saturated rings. The summed E-state index contributed by atoms with van der Waals surface area (Å²) in [7, 11) is 2.06. The number of likely N-dealkylation sites (tertiary alicyclic amines) is 1. The van der Waals surface area contributed by atoms with Gasteiger partial charge in [0.15, 0.2) is 0 Å². The van der Waals surface area contributed by atoms with E-state index in [9.17, 15) is 9.18 Å². The van der Waals surface area contributed by atoms with Gasteiger partial charge in [-0.15, -0.1) is 0 Å². The highest BCUT2D eigenvalue weighted by atomic mass is 19.1. The molecule has 0 spiro atoms. The molecule has 5 atom stereocenters. The van der Waals surface area contributed by atoms with E-state index >= 15 is 0 Å². The lowest BCUT2D eigenvalue weighted by Crippen LogP contribution is -2.44. The van der Waals surface area contributed by atoms with E-state index < -0.39 is 0 Å². The maximum Gasteiger partial charge on any atom is 0.311 e. The van der Waals surface area contributed by atoms with Crippen molar-refractivity contribution in [3.05, 3.63) is 35.6 Å². The Kier molecular flexibility index (Phi) is 6.56. The molecule has 0 bridgehead atoms. The van der Waals surface area contributed by atoms with Crippen LogP contribution >= 0.6 is 0 Å². The molecule has 0 aromatic heterocycles. The first kappa shape index (κ1) is 20.3. The van der Waals surface area contributed by atoms with Gasteiger partial charge in [-0.1, -0.05) is 39.3 Å². The average Bonchev–Trinajstić information content (AvgIpc) is 2.62. The predicted molar refractivity (Wildman–Crippen MR) is 106 cm³/mol. The van der Waals surface area contributed by atoms with Crippen molar-refractivity contribution in [3.8, 4) is 0 Å². The molecule has 1 aromatic carbocycles. The molecule has 0 N–H and O–H groups in total. The predicted octanol–water partition coefficient (Wildman–Crippen LogP) is 4.87. The van der Waals surface area contributed by atoms with Crippen LogP contribution < -0.4 is 0 Å². The second-order valence-electron chi connectivity index (χ2n) is 9.12. The molecule has 2 aliphatic rings. The number of benzene rings is 1. The Morgan fingerprint density at radius 1 is 1.19 bits per heavy atom. The fourth-order valence-corrected chi connectivity index (χ4v) is 4.95. The van der Waals surface area contributed by atoms with Crippen molar-refractivity contribution in [1.29, 1.82) is 0 Å². The highest BCUT2D eigenvalue weighted by molar-refractivity contribution is 5.74. The summed E-state index contributed by atoms with van der Waals surface area (Å²) in [6.07, 6.45) is 4.27. The van der Waals surface area contributed by atoms with Gasteiger partial charge in [0.1, 0.15) is 11.9 Å². The topological polar surface area (TPSA) is 29.5 Å². The first-order valence-corrected chi connectivity index (χ1v) is 10.5. The molecular weight excluding hydrogens is 341 g/mol. The van der Waals surface area contributed by atoms with Gasteiger partial charge in [-0.25, -0.2) is 4.39 Å². The lowest BCUT2D eigenvalue weighted by molar-refractivity contribution is -0.163. The standard InChI is InChI=1S/C23H34FNO2/c1-15(2)19-10-5-16(3)13-22(19)27-23(26)21-14-25(4)12-11-20(21)17-6-8-18(24)9-7-17/h6-9,15-16,19-22H,5,10-14H2,1-4H3/t16-,19-,20+,21-,22-/m1/s1. The second-order valence-corrected chi connectivity index (χ2v) is 9.12. The minimum atomic E-state index is -0.234. The third-order valence-electron chi connectivity index (χ3n) is 6.65. The van der Waals surface area contributed by atoms with E-state index in [0.29, 0.717) is 24.3 Å². The van der Waals surface area contributed by atoms with E-state index in [4.69, 9.17) is 4.74 Å². The van der Waals surface area contributed by atoms with Crippen molar-refractivity contribution >= 4 is 5.97 Å². The molecule has 0 amide bonds. The number of hydrogen-bond acceptors (Lipinski definition) is 3. The summed E-state index contributed by atoms with van der Waals surface area (Å²) in [4.78, 5) is 15.4. The van der Waals surface area contributed by atoms with Crippen LogP contribution in [0.3, 0.4) is 0 Å². The van der Waals surface area contributed by atoms with Gasteiger partial charge in [-0.3, -0.25) is 4.79 Å². The maximum atomic E-state index is 13.3. The molecule has 3 nitrogen and oxygen atoms in total. The Bertz CT molecular complexity index is 630. The lowest BCUT2D eigenvalue weighted by atomic mass is 9.75. The summed E-state index contributed by atoms with van der Waals surface area (Å²) in [5.74, 6) is 1.21. The largest absolute Gasteiger partial charge is 0.462 e. The Morgan fingerprint density at radius 2 is 1.89 bits per heavy atom. The van der Waals surface area contributed by atoms with Crippen molar-refractivity contribution in [2.24, 2.45) is 23.7 Å². The Labute approximate surface area is 163 Å². The SMILES string of the molecule is CC(C)[C@H]1CC[C@@H](C)C[C@H]1OC(=O)[C@@H]1CN(C)CC[C@H]1c1ccc(F)cc1. The minimum absolute atomic E-state index is 0.0300. The average molecular weight is 376 g/mol. The van der Waals surface area contributed by atoms with Gasteiger partial charge in [0, 0.05) is 6.54 Å². The molecule has 0 unspecified atom stereocenters. The minimum Gasteiger partial charge on any atom is -0.462 e. The number of carbonyl (C=O) groups is 1. The number of halogens is 1. The van der Waals surface area contributed by atoms with Crippen molar-refractivity contribution in [2.75, 3.05) is 20.1 Å². The lowest BCUT2D eigenvalue weighted by Gasteiger charge is -2.40. The van der Waals surface area contributed by atoms with Gasteiger partial charge >= 0.3 is 5.97 Å². The number of esters is 1. The molecule has 1 saturated carbocycles. The molecule has 1 aliphatic carbocycles. The van der Waals surface area contributed by atoms with E-state index in [1.807, 2.05) is 12.1 Å². The Morgan fingerprint density at radius 3 is 2.56 bits per heavy atom. The third-order valence-corrected chi connectivity index (χ3v) is 6.65. The fraction of sp³-hybridized carbons (Fsp3) is 0.696. The van der Waals surface area contributed by atoms with Gasteiger partial charge in [-0.05, 0) is 74.2 Å². The third kappa shape index (κ3) is 4.90. The molecule has 150 valence electrons. The van der Waals surface area contributed by atoms with Crippen LogP contribution in [0.2, 0.25) is 0 Å². The van der Waals surface area contributed by atoms with E-state index in [0.717, 1.165) is 31.4 Å². The number of hydrogen-bond donors (Lipinski definition) is 0. The highest BCUT2D eigenvalue weighted by Crippen LogP contribution is 2.38. The Balaban J connectivity index is 1.75. The van der Waals surface area contributed by atoms with Crippen LogP contribution in [0.1, 0.15) is 57.9 Å². The number of ether oxygens (including phenoxy) is 1. The van der Waals surface area contributed by atoms with Crippen molar-refractivity contribution in [3.63, 3.8) is 0 Å². The first-order valence-electron chi connectivity index (χ1n) is 10.5. The molecule has 1 saturated heterocycles. The summed E-state index contributed by atoms with van der Waals surface area (Å²) < 4.78 is 19.5. The van der Waals surface area contributed by atoms with Crippen LogP contribution in [0.5, 0.6) is 0 Å². The van der Waals surface area contributed by atoms with E-state index in [-0.39, 0.29) is 29.7 Å². The zero-order valence-corrected chi connectivity index (χ0v) is 17.2. The van der Waals surface area contributed by atoms with Gasteiger partial charge < -0.3 is 9.64 Å². The summed E-state index contributed by atoms with van der Waals surface area (Å²) in [6.45, 7) is 8.37. The van der Waals surface area contributed by atoms with Gasteiger partial charge in [-0.2, -0.15) is 0 Å². The smallest absolute Gasteiger partial charge is 0.311 e. The number of rotatable bonds is 4. The normalized spacial score (nSPS) is 32.4. The van der Waals surface area contributed by atoms with Crippen LogP contribution in [0.15, 0.2) is 24.3 Å². The highest BCUT2D eigenvalue weighted by Gasteiger charge is 2.39. The molecule has 4 heteroatoms. The maximum absolute atomic E-state index is 13.3. The van der Waals surface area contributed by atoms with Gasteiger partial charge in [0.05, 0.1) is 5.92 Å². The summed E-state index contributed by atoms with van der Waals surface area (Å²) in [6, 6.07) is 6.64. The quantitative estimate of drug-likeness (QED) is 0.704. The summed E-state index contributed by atoms with van der Waals surface area (Å²) in [5.41, 5.74) is 1.05. The van der Waals surface area contributed by atoms with Crippen molar-refractivity contribution < 1.29 is 13.9 Å². The zero-order valence-electron chi connectivity index (χ0n) is 17.2. The summed E-state index contributed by atoms with van der Waals surface area (Å²) >= 11 is 0. The van der Waals surface area contributed by atoms with Crippen LogP contribution in [0, 0.1) is 29.5 Å². The van der Waals surface area contributed by atoms with E-state index in [2.05, 4.69) is 32.7 Å². The van der Waals surface area contributed by atoms with Gasteiger partial charge in [0.2, 0.25) is 0 Å². The van der Waals surface area contributed by atoms with Crippen LogP contribution in [0.25, 0.3) is 0 Å². The van der Waals surface area contributed by atoms with Gasteiger partial charge in [0.25, 0.3) is 0 Å². The molecule has 3 rings (SSSR count). The fourth-order valence-electron chi connectivity index (χ4n) is 4.95. The second kappa shape index (κ2) is 8.72. The first-order chi connectivity index (χ1) is 12.8. The summed E-state index contributed by atoms with van der Waals surface area (Å²) in [5, 5.41) is 0. The van der Waals surface area contributed by atoms with Crippen LogP contribution in [-0.4, -0.2) is 37.1 Å². The number of carbonyl (C=O) groups excluding carboxylic acids is 1. The van der Waals surface area contributed by atoms with Crippen LogP contribution in [0.4, 0.5) is 4.39 Å².